The molecule has 1 aromatic rings. The summed E-state index contributed by atoms with van der Waals surface area (Å²) in [6.07, 6.45) is 1.65. The maximum Gasteiger partial charge on any atom is 0.126 e. The van der Waals surface area contributed by atoms with Gasteiger partial charge < -0.3 is 10.1 Å². The number of nitriles is 1. The molecule has 3 nitrogen and oxygen atoms in total. The Morgan fingerprint density at radius 3 is 2.76 bits per heavy atom. The minimum Gasteiger partial charge on any atom is -0.493 e. The van der Waals surface area contributed by atoms with Crippen molar-refractivity contribution in [2.24, 2.45) is 5.41 Å². The third-order valence-corrected chi connectivity index (χ3v) is 3.43. The average molecular weight is 292 g/mol. The van der Waals surface area contributed by atoms with Crippen LogP contribution in [0, 0.1) is 22.6 Å². The van der Waals surface area contributed by atoms with Crippen molar-refractivity contribution in [3.8, 4) is 11.8 Å². The summed E-state index contributed by atoms with van der Waals surface area (Å²) in [4.78, 5) is 0. The molecule has 0 radical (unpaired) electrons. The molecule has 1 atom stereocenters. The first-order chi connectivity index (χ1) is 9.89. The van der Waals surface area contributed by atoms with Crippen molar-refractivity contribution < 1.29 is 9.13 Å². The molecule has 4 heteroatoms. The zero-order valence-corrected chi connectivity index (χ0v) is 13.4. The van der Waals surface area contributed by atoms with Crippen LogP contribution in [0.25, 0.3) is 0 Å². The van der Waals surface area contributed by atoms with Crippen molar-refractivity contribution in [2.45, 2.75) is 46.6 Å². The number of hydrogen-bond donors (Lipinski definition) is 1. The first-order valence-electron chi connectivity index (χ1n) is 7.46. The molecule has 1 unspecified atom stereocenters. The van der Waals surface area contributed by atoms with Gasteiger partial charge in [0.2, 0.25) is 0 Å². The standard InChI is InChI=1S/C17H25FN2O/c1-5-9-20-13(2)15-7-6-14(18)11-16(15)21-10-8-17(3,4)12-19/h6-7,11,13,20H,5,8-10H2,1-4H3. The Morgan fingerprint density at radius 2 is 2.14 bits per heavy atom. The molecule has 116 valence electrons. The topological polar surface area (TPSA) is 45.0 Å². The highest BCUT2D eigenvalue weighted by molar-refractivity contribution is 5.36. The maximum atomic E-state index is 13.4. The van der Waals surface area contributed by atoms with E-state index in [0.717, 1.165) is 18.5 Å². The van der Waals surface area contributed by atoms with Gasteiger partial charge in [0.25, 0.3) is 0 Å². The second kappa shape index (κ2) is 7.99. The van der Waals surface area contributed by atoms with Gasteiger partial charge in [-0.3, -0.25) is 0 Å². The number of halogens is 1. The molecular weight excluding hydrogens is 267 g/mol. The minimum atomic E-state index is -0.431. The lowest BCUT2D eigenvalue weighted by Crippen LogP contribution is -2.20. The SMILES string of the molecule is CCCNC(C)c1ccc(F)cc1OCCC(C)(C)C#N. The zero-order valence-electron chi connectivity index (χ0n) is 13.4. The Bertz CT molecular complexity index is 494. The molecule has 0 aliphatic rings. The van der Waals surface area contributed by atoms with Crippen LogP contribution in [0.5, 0.6) is 5.75 Å². The number of ether oxygens (including phenoxy) is 1. The average Bonchev–Trinajstić information content (AvgIpc) is 2.44. The van der Waals surface area contributed by atoms with Crippen molar-refractivity contribution in [3.63, 3.8) is 0 Å². The van der Waals surface area contributed by atoms with E-state index in [2.05, 4.69) is 18.3 Å². The van der Waals surface area contributed by atoms with Crippen molar-refractivity contribution in [1.82, 2.24) is 5.32 Å². The van der Waals surface area contributed by atoms with E-state index in [0.29, 0.717) is 18.8 Å². The van der Waals surface area contributed by atoms with Crippen LogP contribution in [0.3, 0.4) is 0 Å². The summed E-state index contributed by atoms with van der Waals surface area (Å²) in [7, 11) is 0. The second-order valence-corrected chi connectivity index (χ2v) is 5.95. The second-order valence-electron chi connectivity index (χ2n) is 5.95. The molecule has 0 bridgehead atoms. The van der Waals surface area contributed by atoms with Crippen LogP contribution in [0.4, 0.5) is 4.39 Å². The van der Waals surface area contributed by atoms with Gasteiger partial charge in [-0.1, -0.05) is 13.0 Å². The highest BCUT2D eigenvalue weighted by atomic mass is 19.1. The van der Waals surface area contributed by atoms with Gasteiger partial charge in [-0.15, -0.1) is 0 Å². The fraction of sp³-hybridized carbons (Fsp3) is 0.588. The van der Waals surface area contributed by atoms with Gasteiger partial charge in [0.05, 0.1) is 18.1 Å². The first-order valence-corrected chi connectivity index (χ1v) is 7.46. The third-order valence-electron chi connectivity index (χ3n) is 3.43. The van der Waals surface area contributed by atoms with E-state index < -0.39 is 5.41 Å². The highest BCUT2D eigenvalue weighted by Gasteiger charge is 2.18. The fourth-order valence-electron chi connectivity index (χ4n) is 1.93. The molecule has 0 fully saturated rings. The van der Waals surface area contributed by atoms with Crippen LogP contribution in [0.15, 0.2) is 18.2 Å². The first kappa shape index (κ1) is 17.5. The monoisotopic (exact) mass is 292 g/mol. The molecule has 1 aromatic carbocycles. The smallest absolute Gasteiger partial charge is 0.126 e. The van der Waals surface area contributed by atoms with Crippen LogP contribution < -0.4 is 10.1 Å². The molecule has 1 rings (SSSR count). The summed E-state index contributed by atoms with van der Waals surface area (Å²) in [5.74, 6) is 0.246. The molecule has 0 aliphatic heterocycles. The molecule has 0 spiro atoms. The summed E-state index contributed by atoms with van der Waals surface area (Å²) >= 11 is 0. The van der Waals surface area contributed by atoms with Gasteiger partial charge in [0, 0.05) is 17.7 Å². The number of hydrogen-bond acceptors (Lipinski definition) is 3. The van der Waals surface area contributed by atoms with Gasteiger partial charge in [0.1, 0.15) is 11.6 Å². The van der Waals surface area contributed by atoms with E-state index in [1.165, 1.54) is 12.1 Å². The van der Waals surface area contributed by atoms with Crippen molar-refractivity contribution in [3.05, 3.63) is 29.6 Å². The maximum absolute atomic E-state index is 13.4. The fourth-order valence-corrected chi connectivity index (χ4v) is 1.93. The highest BCUT2D eigenvalue weighted by Crippen LogP contribution is 2.27. The molecule has 0 aromatic heterocycles. The van der Waals surface area contributed by atoms with Gasteiger partial charge in [0.15, 0.2) is 0 Å². The lowest BCUT2D eigenvalue weighted by atomic mass is 9.92. The van der Waals surface area contributed by atoms with Crippen molar-refractivity contribution in [1.29, 1.82) is 5.26 Å². The number of benzene rings is 1. The van der Waals surface area contributed by atoms with Gasteiger partial charge in [-0.05, 0) is 46.2 Å². The lowest BCUT2D eigenvalue weighted by Gasteiger charge is -2.20. The van der Waals surface area contributed by atoms with Crippen LogP contribution in [-0.2, 0) is 0 Å². The van der Waals surface area contributed by atoms with E-state index in [4.69, 9.17) is 10.00 Å². The molecule has 0 amide bonds. The van der Waals surface area contributed by atoms with E-state index in [1.807, 2.05) is 20.8 Å². The summed E-state index contributed by atoms with van der Waals surface area (Å²) in [6.45, 7) is 9.18. The number of nitrogens with zero attached hydrogens (tertiary/aromatic N) is 1. The molecular formula is C17H25FN2O. The van der Waals surface area contributed by atoms with Crippen LogP contribution in [-0.4, -0.2) is 13.2 Å². The van der Waals surface area contributed by atoms with Crippen LogP contribution in [0.2, 0.25) is 0 Å². The van der Waals surface area contributed by atoms with E-state index in [1.54, 1.807) is 6.07 Å². The molecule has 0 saturated carbocycles. The van der Waals surface area contributed by atoms with E-state index in [9.17, 15) is 4.39 Å². The zero-order chi connectivity index (χ0) is 15.9. The van der Waals surface area contributed by atoms with Crippen molar-refractivity contribution >= 4 is 0 Å². The van der Waals surface area contributed by atoms with Gasteiger partial charge in [-0.25, -0.2) is 4.39 Å². The predicted octanol–water partition coefficient (Wildman–Crippen LogP) is 4.20. The minimum absolute atomic E-state index is 0.101. The summed E-state index contributed by atoms with van der Waals surface area (Å²) in [6, 6.07) is 6.96. The number of rotatable bonds is 8. The van der Waals surface area contributed by atoms with Crippen LogP contribution >= 0.6 is 0 Å². The Morgan fingerprint density at radius 1 is 1.43 bits per heavy atom. The van der Waals surface area contributed by atoms with Crippen molar-refractivity contribution in [2.75, 3.05) is 13.2 Å². The quantitative estimate of drug-likeness (QED) is 0.781. The Labute approximate surface area is 127 Å². The molecule has 1 N–H and O–H groups in total. The van der Waals surface area contributed by atoms with Gasteiger partial charge >= 0.3 is 0 Å². The molecule has 21 heavy (non-hydrogen) atoms. The van der Waals surface area contributed by atoms with E-state index in [-0.39, 0.29) is 11.9 Å². The summed E-state index contributed by atoms with van der Waals surface area (Å²) < 4.78 is 19.2. The third kappa shape index (κ3) is 5.73. The summed E-state index contributed by atoms with van der Waals surface area (Å²) in [5, 5.41) is 12.4. The largest absolute Gasteiger partial charge is 0.493 e. The normalized spacial score (nSPS) is 12.8. The Kier molecular flexibility index (Phi) is 6.64. The summed E-state index contributed by atoms with van der Waals surface area (Å²) in [5.41, 5.74) is 0.513. The molecule has 0 aliphatic carbocycles. The lowest BCUT2D eigenvalue weighted by molar-refractivity contribution is 0.259. The Hall–Kier alpha value is -1.60. The predicted molar refractivity (Wildman–Crippen MR) is 82.6 cm³/mol. The van der Waals surface area contributed by atoms with Gasteiger partial charge in [-0.2, -0.15) is 5.26 Å². The van der Waals surface area contributed by atoms with E-state index >= 15 is 0 Å². The molecule has 0 saturated heterocycles. The van der Waals surface area contributed by atoms with Crippen LogP contribution in [0.1, 0.15) is 52.1 Å². The number of nitrogens with one attached hydrogen (secondary N) is 1. The molecule has 0 heterocycles. The Balaban J connectivity index is 2.76.